The van der Waals surface area contributed by atoms with Crippen LogP contribution in [-0.2, 0) is 20.8 Å². The standard InChI is InChI=1S/C25H32NO7/c1-29-25(28)20-8-6-19(7-9-20)14-26(10-12-30-13-11-26)15-21(27)16-31-17-22-18-32-23-4-2-3-5-24(23)33-22/h2-9,21-22,27H,10-18H2,1H3/q+1/t21-,22-/m1/s1. The molecule has 2 aromatic rings. The van der Waals surface area contributed by atoms with Gasteiger partial charge in [-0.2, -0.15) is 0 Å². The number of para-hydroxylation sites is 2. The molecule has 2 aliphatic heterocycles. The van der Waals surface area contributed by atoms with E-state index in [0.29, 0.717) is 48.8 Å². The minimum Gasteiger partial charge on any atom is -0.486 e. The summed E-state index contributed by atoms with van der Waals surface area (Å²) in [7, 11) is 1.37. The lowest BCUT2D eigenvalue weighted by atomic mass is 10.1. The van der Waals surface area contributed by atoms with Crippen molar-refractivity contribution in [3.05, 3.63) is 59.7 Å². The van der Waals surface area contributed by atoms with E-state index in [-0.39, 0.29) is 18.7 Å². The van der Waals surface area contributed by atoms with Crippen LogP contribution in [0.4, 0.5) is 0 Å². The molecule has 2 aromatic carbocycles. The quantitative estimate of drug-likeness (QED) is 0.455. The van der Waals surface area contributed by atoms with E-state index in [1.807, 2.05) is 36.4 Å². The highest BCUT2D eigenvalue weighted by molar-refractivity contribution is 5.89. The van der Waals surface area contributed by atoms with Crippen LogP contribution in [0.15, 0.2) is 48.5 Å². The molecule has 33 heavy (non-hydrogen) atoms. The SMILES string of the molecule is COC(=O)c1ccc(C[N+]2(C[C@@H](O)COC[C@@H]3COc4ccccc4O3)CCOCC2)cc1. The van der Waals surface area contributed by atoms with E-state index in [1.54, 1.807) is 12.1 Å². The number of benzene rings is 2. The fraction of sp³-hybridized carbons (Fsp3) is 0.480. The summed E-state index contributed by atoms with van der Waals surface area (Å²) in [4.78, 5) is 11.7. The van der Waals surface area contributed by atoms with Gasteiger partial charge in [0.15, 0.2) is 17.6 Å². The largest absolute Gasteiger partial charge is 0.486 e. The third-order valence-electron chi connectivity index (χ3n) is 6.09. The number of aliphatic hydroxyl groups excluding tert-OH is 1. The first-order chi connectivity index (χ1) is 16.1. The summed E-state index contributed by atoms with van der Waals surface area (Å²) in [6.07, 6.45) is -0.818. The van der Waals surface area contributed by atoms with E-state index in [4.69, 9.17) is 23.7 Å². The van der Waals surface area contributed by atoms with Gasteiger partial charge in [-0.05, 0) is 24.3 Å². The Bertz CT molecular complexity index is 911. The van der Waals surface area contributed by atoms with Crippen LogP contribution in [-0.4, -0.2) is 87.5 Å². The average Bonchev–Trinajstić information content (AvgIpc) is 2.84. The maximum absolute atomic E-state index is 11.7. The van der Waals surface area contributed by atoms with Gasteiger partial charge in [-0.1, -0.05) is 24.3 Å². The van der Waals surface area contributed by atoms with Crippen LogP contribution in [0.1, 0.15) is 15.9 Å². The van der Waals surface area contributed by atoms with Crippen LogP contribution in [0, 0.1) is 0 Å². The van der Waals surface area contributed by atoms with Gasteiger partial charge in [0.2, 0.25) is 0 Å². The maximum Gasteiger partial charge on any atom is 0.337 e. The first-order valence-electron chi connectivity index (χ1n) is 11.3. The Kier molecular flexibility index (Phi) is 7.82. The summed E-state index contributed by atoms with van der Waals surface area (Å²) in [6, 6.07) is 15.0. The number of morpholine rings is 1. The highest BCUT2D eigenvalue weighted by atomic mass is 16.6. The van der Waals surface area contributed by atoms with Crippen molar-refractivity contribution in [2.45, 2.75) is 18.8 Å². The smallest absolute Gasteiger partial charge is 0.337 e. The Labute approximate surface area is 194 Å². The van der Waals surface area contributed by atoms with E-state index in [0.717, 1.165) is 30.9 Å². The molecule has 2 atom stereocenters. The average molecular weight is 459 g/mol. The molecule has 178 valence electrons. The van der Waals surface area contributed by atoms with E-state index in [2.05, 4.69) is 0 Å². The second kappa shape index (κ2) is 11.0. The molecule has 0 radical (unpaired) electrons. The van der Waals surface area contributed by atoms with Crippen LogP contribution >= 0.6 is 0 Å². The lowest BCUT2D eigenvalue weighted by molar-refractivity contribution is -0.950. The van der Waals surface area contributed by atoms with Crippen molar-refractivity contribution in [2.24, 2.45) is 0 Å². The van der Waals surface area contributed by atoms with Gasteiger partial charge in [-0.15, -0.1) is 0 Å². The van der Waals surface area contributed by atoms with Crippen LogP contribution in [0.5, 0.6) is 11.5 Å². The van der Waals surface area contributed by atoms with Crippen molar-refractivity contribution in [1.82, 2.24) is 0 Å². The van der Waals surface area contributed by atoms with Gasteiger partial charge in [0.05, 0.1) is 39.1 Å². The number of carbonyl (C=O) groups is 1. The van der Waals surface area contributed by atoms with Crippen LogP contribution in [0.25, 0.3) is 0 Å². The zero-order valence-corrected chi connectivity index (χ0v) is 19.0. The third kappa shape index (κ3) is 6.23. The van der Waals surface area contributed by atoms with E-state index in [1.165, 1.54) is 7.11 Å². The Hall–Kier alpha value is -2.65. The molecule has 2 aliphatic rings. The van der Waals surface area contributed by atoms with Gasteiger partial charge in [0.25, 0.3) is 0 Å². The van der Waals surface area contributed by atoms with E-state index < -0.39 is 6.10 Å². The number of hydrogen-bond donors (Lipinski definition) is 1. The molecular formula is C25H32NO7+. The topological polar surface area (TPSA) is 83.5 Å². The number of quaternary nitrogens is 1. The second-order valence-electron chi connectivity index (χ2n) is 8.62. The summed E-state index contributed by atoms with van der Waals surface area (Å²) in [5.74, 6) is 1.11. The Morgan fingerprint density at radius 1 is 1.12 bits per heavy atom. The molecule has 0 aliphatic carbocycles. The summed E-state index contributed by atoms with van der Waals surface area (Å²) in [6.45, 7) is 5.24. The zero-order valence-electron chi connectivity index (χ0n) is 19.0. The molecule has 0 spiro atoms. The number of nitrogens with zero attached hydrogens (tertiary/aromatic N) is 1. The van der Waals surface area contributed by atoms with Gasteiger partial charge in [-0.25, -0.2) is 4.79 Å². The van der Waals surface area contributed by atoms with Gasteiger partial charge in [0.1, 0.15) is 38.9 Å². The summed E-state index contributed by atoms with van der Waals surface area (Å²) in [5, 5.41) is 10.8. The molecule has 1 N–H and O–H groups in total. The lowest BCUT2D eigenvalue weighted by Crippen LogP contribution is -2.58. The van der Waals surface area contributed by atoms with Crippen molar-refractivity contribution in [2.75, 3.05) is 59.8 Å². The zero-order chi connectivity index (χ0) is 23.1. The minimum absolute atomic E-state index is 0.202. The summed E-state index contributed by atoms with van der Waals surface area (Å²) >= 11 is 0. The van der Waals surface area contributed by atoms with Gasteiger partial charge >= 0.3 is 5.97 Å². The highest BCUT2D eigenvalue weighted by Gasteiger charge is 2.33. The third-order valence-corrected chi connectivity index (χ3v) is 6.09. The molecule has 0 unspecified atom stereocenters. The Balaban J connectivity index is 1.29. The summed E-state index contributed by atoms with van der Waals surface area (Å²) in [5.41, 5.74) is 1.63. The highest BCUT2D eigenvalue weighted by Crippen LogP contribution is 2.30. The maximum atomic E-state index is 11.7. The van der Waals surface area contributed by atoms with Gasteiger partial charge in [0, 0.05) is 5.56 Å². The molecule has 1 fully saturated rings. The Morgan fingerprint density at radius 2 is 1.85 bits per heavy atom. The fourth-order valence-corrected chi connectivity index (χ4v) is 4.37. The van der Waals surface area contributed by atoms with E-state index >= 15 is 0 Å². The molecule has 2 heterocycles. The first kappa shape index (κ1) is 23.5. The predicted octanol–water partition coefficient (Wildman–Crippen LogP) is 2.04. The Morgan fingerprint density at radius 3 is 2.58 bits per heavy atom. The second-order valence-corrected chi connectivity index (χ2v) is 8.62. The number of rotatable bonds is 9. The monoisotopic (exact) mass is 458 g/mol. The molecular weight excluding hydrogens is 426 g/mol. The fourth-order valence-electron chi connectivity index (χ4n) is 4.37. The van der Waals surface area contributed by atoms with Crippen molar-refractivity contribution in [1.29, 1.82) is 0 Å². The molecule has 8 heteroatoms. The molecule has 0 saturated carbocycles. The van der Waals surface area contributed by atoms with Crippen LogP contribution < -0.4 is 9.47 Å². The number of esters is 1. The minimum atomic E-state index is -0.616. The number of carbonyl (C=O) groups excluding carboxylic acids is 1. The summed E-state index contributed by atoms with van der Waals surface area (Å²) < 4.78 is 28.5. The lowest BCUT2D eigenvalue weighted by Gasteiger charge is -2.42. The number of aliphatic hydroxyl groups is 1. The van der Waals surface area contributed by atoms with Gasteiger partial charge in [-0.3, -0.25) is 0 Å². The normalized spacial score (nSPS) is 20.1. The first-order valence-corrected chi connectivity index (χ1v) is 11.3. The molecule has 0 amide bonds. The van der Waals surface area contributed by atoms with Gasteiger partial charge < -0.3 is 33.3 Å². The number of methoxy groups -OCH3 is 1. The molecule has 0 bridgehead atoms. The number of ether oxygens (including phenoxy) is 5. The number of fused-ring (bicyclic) bond motifs is 1. The van der Waals surface area contributed by atoms with E-state index in [9.17, 15) is 9.90 Å². The molecule has 8 nitrogen and oxygen atoms in total. The van der Waals surface area contributed by atoms with Crippen molar-refractivity contribution in [3.8, 4) is 11.5 Å². The van der Waals surface area contributed by atoms with Crippen LogP contribution in [0.3, 0.4) is 0 Å². The number of hydrogen-bond acceptors (Lipinski definition) is 7. The molecule has 1 saturated heterocycles. The van der Waals surface area contributed by atoms with Crippen molar-refractivity contribution >= 4 is 5.97 Å². The van der Waals surface area contributed by atoms with Crippen molar-refractivity contribution < 1.29 is 38.1 Å². The van der Waals surface area contributed by atoms with Crippen LogP contribution in [0.2, 0.25) is 0 Å². The van der Waals surface area contributed by atoms with Crippen molar-refractivity contribution in [3.63, 3.8) is 0 Å². The predicted molar refractivity (Wildman–Crippen MR) is 120 cm³/mol. The molecule has 4 rings (SSSR count). The molecule has 0 aromatic heterocycles.